The van der Waals surface area contributed by atoms with Gasteiger partial charge in [-0.05, 0) is 42.2 Å². The lowest BCUT2D eigenvalue weighted by molar-refractivity contribution is -0.123. The molecule has 4 heteroatoms. The number of carbonyl (C=O) groups is 1. The van der Waals surface area contributed by atoms with E-state index in [2.05, 4.69) is 28.4 Å². The van der Waals surface area contributed by atoms with Crippen LogP contribution in [0, 0.1) is 11.8 Å². The van der Waals surface area contributed by atoms with Crippen molar-refractivity contribution in [3.05, 3.63) is 29.3 Å². The first-order valence-electron chi connectivity index (χ1n) is 8.12. The topological polar surface area (TPSA) is 58.4 Å². The molecular formula is C17H23N3O. The molecule has 112 valence electrons. The predicted octanol–water partition coefficient (Wildman–Crippen LogP) is 1.74. The molecule has 1 amide bonds. The monoisotopic (exact) mass is 285 g/mol. The van der Waals surface area contributed by atoms with E-state index in [0.29, 0.717) is 11.8 Å². The maximum atomic E-state index is 11.9. The molecule has 3 N–H and O–H groups in total. The number of rotatable bonds is 3. The van der Waals surface area contributed by atoms with Crippen LogP contribution in [0.2, 0.25) is 0 Å². The lowest BCUT2D eigenvalue weighted by Crippen LogP contribution is -2.43. The summed E-state index contributed by atoms with van der Waals surface area (Å²) < 4.78 is 0. The zero-order valence-electron chi connectivity index (χ0n) is 12.3. The third kappa shape index (κ3) is 2.13. The summed E-state index contributed by atoms with van der Waals surface area (Å²) in [6, 6.07) is 6.46. The Balaban J connectivity index is 1.59. The normalized spacial score (nSPS) is 31.0. The molecule has 0 aromatic heterocycles. The fourth-order valence-electron chi connectivity index (χ4n) is 4.71. The standard InChI is InChI=1S/C17H23N3O/c18-17(21)16-14-6-2-4-12(14)9-20(16)10-13-5-1-3-11-7-8-19-15(11)13/h1,3,5,12,14,16,19H,2,4,6-10H2,(H2,18,21). The number of nitrogens with two attached hydrogens (primary N) is 1. The lowest BCUT2D eigenvalue weighted by Gasteiger charge is -2.26. The summed E-state index contributed by atoms with van der Waals surface area (Å²) in [5.74, 6) is 1.03. The van der Waals surface area contributed by atoms with E-state index in [1.807, 2.05) is 0 Å². The van der Waals surface area contributed by atoms with Gasteiger partial charge >= 0.3 is 0 Å². The van der Waals surface area contributed by atoms with Gasteiger partial charge in [0.1, 0.15) is 0 Å². The highest BCUT2D eigenvalue weighted by Gasteiger charge is 2.46. The number of nitrogens with one attached hydrogen (secondary N) is 1. The van der Waals surface area contributed by atoms with Crippen LogP contribution in [-0.4, -0.2) is 29.9 Å². The SMILES string of the molecule is NC(=O)C1C2CCCC2CN1Cc1cccc2c1NCC2. The van der Waals surface area contributed by atoms with Crippen LogP contribution < -0.4 is 11.1 Å². The highest BCUT2D eigenvalue weighted by atomic mass is 16.1. The lowest BCUT2D eigenvalue weighted by atomic mass is 9.93. The van der Waals surface area contributed by atoms with Crippen molar-refractivity contribution in [1.29, 1.82) is 0 Å². The quantitative estimate of drug-likeness (QED) is 0.889. The zero-order valence-corrected chi connectivity index (χ0v) is 12.3. The molecule has 3 aliphatic rings. The smallest absolute Gasteiger partial charge is 0.235 e. The van der Waals surface area contributed by atoms with Crippen LogP contribution in [0.25, 0.3) is 0 Å². The van der Waals surface area contributed by atoms with Crippen molar-refractivity contribution in [3.63, 3.8) is 0 Å². The second kappa shape index (κ2) is 5.02. The van der Waals surface area contributed by atoms with Crippen LogP contribution in [0.5, 0.6) is 0 Å². The highest BCUT2D eigenvalue weighted by Crippen LogP contribution is 2.43. The summed E-state index contributed by atoms with van der Waals surface area (Å²) in [7, 11) is 0. The molecule has 3 atom stereocenters. The predicted molar refractivity (Wildman–Crippen MR) is 82.9 cm³/mol. The van der Waals surface area contributed by atoms with Gasteiger partial charge in [-0.2, -0.15) is 0 Å². The van der Waals surface area contributed by atoms with Crippen molar-refractivity contribution in [2.75, 3.05) is 18.4 Å². The van der Waals surface area contributed by atoms with Crippen molar-refractivity contribution in [1.82, 2.24) is 4.90 Å². The number of likely N-dealkylation sites (tertiary alicyclic amines) is 1. The van der Waals surface area contributed by atoms with Gasteiger partial charge in [0.05, 0.1) is 6.04 Å². The van der Waals surface area contributed by atoms with Crippen LogP contribution in [0.3, 0.4) is 0 Å². The number of para-hydroxylation sites is 1. The Morgan fingerprint density at radius 2 is 2.29 bits per heavy atom. The Bertz CT molecular complexity index is 571. The molecule has 0 bridgehead atoms. The average molecular weight is 285 g/mol. The van der Waals surface area contributed by atoms with E-state index >= 15 is 0 Å². The summed E-state index contributed by atoms with van der Waals surface area (Å²) in [6.07, 6.45) is 4.79. The number of anilines is 1. The third-order valence-corrected chi connectivity index (χ3v) is 5.58. The molecule has 0 spiro atoms. The van der Waals surface area contributed by atoms with Crippen molar-refractivity contribution < 1.29 is 4.79 Å². The van der Waals surface area contributed by atoms with Gasteiger partial charge in [-0.1, -0.05) is 24.6 Å². The molecule has 1 aromatic carbocycles. The highest BCUT2D eigenvalue weighted by molar-refractivity contribution is 5.80. The second-order valence-corrected chi connectivity index (χ2v) is 6.76. The van der Waals surface area contributed by atoms with Gasteiger partial charge in [0, 0.05) is 25.3 Å². The van der Waals surface area contributed by atoms with Crippen LogP contribution in [0.1, 0.15) is 30.4 Å². The van der Waals surface area contributed by atoms with Crippen molar-refractivity contribution >= 4 is 11.6 Å². The van der Waals surface area contributed by atoms with Gasteiger partial charge in [0.25, 0.3) is 0 Å². The largest absolute Gasteiger partial charge is 0.384 e. The van der Waals surface area contributed by atoms with Gasteiger partial charge < -0.3 is 11.1 Å². The average Bonchev–Trinajstić information content (AvgIpc) is 3.11. The van der Waals surface area contributed by atoms with E-state index in [1.165, 1.54) is 36.1 Å². The summed E-state index contributed by atoms with van der Waals surface area (Å²) in [5, 5.41) is 3.49. The van der Waals surface area contributed by atoms with Crippen molar-refractivity contribution in [2.45, 2.75) is 38.3 Å². The van der Waals surface area contributed by atoms with Gasteiger partial charge in [-0.25, -0.2) is 0 Å². The Morgan fingerprint density at radius 1 is 1.38 bits per heavy atom. The minimum absolute atomic E-state index is 0.0604. The van der Waals surface area contributed by atoms with Gasteiger partial charge in [-0.15, -0.1) is 0 Å². The van der Waals surface area contributed by atoms with Gasteiger partial charge in [-0.3, -0.25) is 9.69 Å². The van der Waals surface area contributed by atoms with Gasteiger partial charge in [0.2, 0.25) is 5.91 Å². The molecule has 1 saturated heterocycles. The Morgan fingerprint density at radius 3 is 3.14 bits per heavy atom. The number of carbonyl (C=O) groups excluding carboxylic acids is 1. The number of nitrogens with zero attached hydrogens (tertiary/aromatic N) is 1. The fraction of sp³-hybridized carbons (Fsp3) is 0.588. The fourth-order valence-corrected chi connectivity index (χ4v) is 4.71. The van der Waals surface area contributed by atoms with Crippen molar-refractivity contribution in [2.24, 2.45) is 17.6 Å². The molecular weight excluding hydrogens is 262 g/mol. The number of fused-ring (bicyclic) bond motifs is 2. The molecule has 2 heterocycles. The van der Waals surface area contributed by atoms with E-state index in [1.54, 1.807) is 0 Å². The van der Waals surface area contributed by atoms with E-state index in [0.717, 1.165) is 26.1 Å². The Hall–Kier alpha value is -1.55. The minimum atomic E-state index is -0.134. The van der Waals surface area contributed by atoms with Crippen molar-refractivity contribution in [3.8, 4) is 0 Å². The molecule has 4 rings (SSSR count). The first kappa shape index (κ1) is 13.1. The first-order valence-corrected chi connectivity index (χ1v) is 8.12. The van der Waals surface area contributed by atoms with E-state index in [4.69, 9.17) is 5.73 Å². The molecule has 4 nitrogen and oxygen atoms in total. The van der Waals surface area contributed by atoms with Crippen LogP contribution in [0.4, 0.5) is 5.69 Å². The van der Waals surface area contributed by atoms with Crippen LogP contribution >= 0.6 is 0 Å². The molecule has 2 aliphatic heterocycles. The maximum Gasteiger partial charge on any atom is 0.235 e. The minimum Gasteiger partial charge on any atom is -0.384 e. The molecule has 21 heavy (non-hydrogen) atoms. The summed E-state index contributed by atoms with van der Waals surface area (Å²) >= 11 is 0. The number of benzene rings is 1. The maximum absolute atomic E-state index is 11.9. The molecule has 1 aliphatic carbocycles. The summed E-state index contributed by atoms with van der Waals surface area (Å²) in [4.78, 5) is 14.3. The number of hydrogen-bond acceptors (Lipinski definition) is 3. The molecule has 3 unspecified atom stereocenters. The number of amides is 1. The molecule has 1 aromatic rings. The van der Waals surface area contributed by atoms with E-state index < -0.39 is 0 Å². The summed E-state index contributed by atoms with van der Waals surface area (Å²) in [6.45, 7) is 2.90. The molecule has 1 saturated carbocycles. The zero-order chi connectivity index (χ0) is 14.4. The van der Waals surface area contributed by atoms with E-state index in [-0.39, 0.29) is 11.9 Å². The molecule has 0 radical (unpaired) electrons. The number of primary amides is 1. The first-order chi connectivity index (χ1) is 10.2. The molecule has 2 fully saturated rings. The van der Waals surface area contributed by atoms with E-state index in [9.17, 15) is 4.79 Å². The summed E-state index contributed by atoms with van der Waals surface area (Å²) in [5.41, 5.74) is 9.73. The third-order valence-electron chi connectivity index (χ3n) is 5.58. The Labute approximate surface area is 125 Å². The van der Waals surface area contributed by atoms with Gasteiger partial charge in [0.15, 0.2) is 0 Å². The second-order valence-electron chi connectivity index (χ2n) is 6.76. The van der Waals surface area contributed by atoms with Crippen LogP contribution in [-0.2, 0) is 17.8 Å². The Kier molecular flexibility index (Phi) is 3.14. The number of hydrogen-bond donors (Lipinski definition) is 2. The van der Waals surface area contributed by atoms with Crippen LogP contribution in [0.15, 0.2) is 18.2 Å².